The lowest BCUT2D eigenvalue weighted by molar-refractivity contribution is -0.163. The molecule has 0 amide bonds. The van der Waals surface area contributed by atoms with Gasteiger partial charge >= 0.3 is 0 Å². The molecule has 1 rings (SSSR count). The van der Waals surface area contributed by atoms with Crippen molar-refractivity contribution in [3.63, 3.8) is 0 Å². The molecule has 5 heteroatoms. The van der Waals surface area contributed by atoms with Gasteiger partial charge in [-0.1, -0.05) is 0 Å². The molecule has 1 unspecified atom stereocenters. The highest BCUT2D eigenvalue weighted by Crippen LogP contribution is 2.07. The minimum Gasteiger partial charge on any atom is -0.383 e. The highest BCUT2D eigenvalue weighted by molar-refractivity contribution is 5.84. The fourth-order valence-electron chi connectivity index (χ4n) is 0.774. The van der Waals surface area contributed by atoms with Gasteiger partial charge in [-0.05, 0) is 0 Å². The lowest BCUT2D eigenvalue weighted by Crippen LogP contribution is -2.57. The van der Waals surface area contributed by atoms with Crippen molar-refractivity contribution in [3.8, 4) is 0 Å². The monoisotopic (exact) mass is 145 g/mol. The van der Waals surface area contributed by atoms with E-state index in [4.69, 9.17) is 15.9 Å². The first kappa shape index (κ1) is 7.46. The third-order valence-corrected chi connectivity index (χ3v) is 1.41. The number of nitrogens with two attached hydrogens (primary N) is 1. The number of hydrogen-bond donors (Lipinski definition) is 4. The molecule has 0 radical (unpaired) electrons. The third kappa shape index (κ3) is 1.26. The van der Waals surface area contributed by atoms with Gasteiger partial charge in [0, 0.05) is 6.54 Å². The van der Waals surface area contributed by atoms with Crippen LogP contribution in [0.25, 0.3) is 0 Å². The maximum atomic E-state index is 9.31. The molecule has 1 fully saturated rings. The summed E-state index contributed by atoms with van der Waals surface area (Å²) in [5, 5.41) is 19.1. The molecule has 0 aliphatic carbocycles. The summed E-state index contributed by atoms with van der Waals surface area (Å²) in [4.78, 5) is 0. The molecule has 0 bridgehead atoms. The second-order valence-electron chi connectivity index (χ2n) is 2.22. The molecule has 1 aliphatic heterocycles. The van der Waals surface area contributed by atoms with E-state index in [1.807, 2.05) is 0 Å². The van der Waals surface area contributed by atoms with Crippen molar-refractivity contribution in [1.29, 1.82) is 5.41 Å². The lowest BCUT2D eigenvalue weighted by atomic mass is 10.2. The van der Waals surface area contributed by atoms with Crippen LogP contribution in [0.2, 0.25) is 0 Å². The summed E-state index contributed by atoms with van der Waals surface area (Å²) in [5.74, 6) is -1.92. The lowest BCUT2D eigenvalue weighted by Gasteiger charge is -2.31. The predicted octanol–water partition coefficient (Wildman–Crippen LogP) is -1.77. The summed E-state index contributed by atoms with van der Waals surface area (Å²) in [6.45, 7) is 1.27. The number of rotatable bonds is 1. The molecule has 1 aliphatic rings. The minimum absolute atomic E-state index is 0.197. The first-order valence-electron chi connectivity index (χ1n) is 3.07. The zero-order chi connectivity index (χ0) is 7.61. The fourth-order valence-corrected chi connectivity index (χ4v) is 0.774. The molecule has 1 atom stereocenters. The van der Waals surface area contributed by atoms with E-state index >= 15 is 0 Å². The molecule has 10 heavy (non-hydrogen) atoms. The summed E-state index contributed by atoms with van der Waals surface area (Å²) < 4.78 is 4.87. The average Bonchev–Trinajstić information content (AvgIpc) is 1.89. The number of hydrogen-bond acceptors (Lipinski definition) is 4. The van der Waals surface area contributed by atoms with E-state index in [2.05, 4.69) is 5.32 Å². The van der Waals surface area contributed by atoms with Crippen molar-refractivity contribution in [2.24, 2.45) is 5.73 Å². The summed E-state index contributed by atoms with van der Waals surface area (Å²) in [5.41, 5.74) is 5.07. The van der Waals surface area contributed by atoms with E-state index in [0.717, 1.165) is 0 Å². The standard InChI is InChI=1S/C5H11N3O2/c6-4(7)5(9)3-8-1-2-10-5/h8-9H,1-3H2,(H3,6,7). The topological polar surface area (TPSA) is 91.4 Å². The molecule has 5 N–H and O–H groups in total. The first-order valence-corrected chi connectivity index (χ1v) is 3.07. The highest BCUT2D eigenvalue weighted by Gasteiger charge is 2.33. The van der Waals surface area contributed by atoms with Gasteiger partial charge in [-0.25, -0.2) is 0 Å². The Morgan fingerprint density at radius 3 is 2.80 bits per heavy atom. The van der Waals surface area contributed by atoms with Crippen molar-refractivity contribution in [2.45, 2.75) is 5.79 Å². The van der Waals surface area contributed by atoms with Crippen molar-refractivity contribution in [2.75, 3.05) is 19.7 Å². The number of aliphatic hydroxyl groups is 1. The molecule has 0 saturated carbocycles. The quantitative estimate of drug-likeness (QED) is 0.259. The molecular weight excluding hydrogens is 134 g/mol. The summed E-state index contributed by atoms with van der Waals surface area (Å²) in [6, 6.07) is 0. The summed E-state index contributed by atoms with van der Waals surface area (Å²) in [7, 11) is 0. The highest BCUT2D eigenvalue weighted by atomic mass is 16.6. The van der Waals surface area contributed by atoms with Gasteiger partial charge in [0.1, 0.15) is 0 Å². The molecule has 1 heterocycles. The SMILES string of the molecule is N=C(N)C1(O)CNCCO1. The van der Waals surface area contributed by atoms with Gasteiger partial charge in [-0.15, -0.1) is 0 Å². The molecular formula is C5H11N3O2. The summed E-state index contributed by atoms with van der Waals surface area (Å²) >= 11 is 0. The number of ether oxygens (including phenoxy) is 1. The maximum Gasteiger partial charge on any atom is 0.237 e. The Morgan fingerprint density at radius 2 is 2.50 bits per heavy atom. The first-order chi connectivity index (χ1) is 4.65. The van der Waals surface area contributed by atoms with Crippen LogP contribution in [0.15, 0.2) is 0 Å². The zero-order valence-electron chi connectivity index (χ0n) is 5.55. The van der Waals surface area contributed by atoms with Crippen molar-refractivity contribution in [3.05, 3.63) is 0 Å². The smallest absolute Gasteiger partial charge is 0.237 e. The van der Waals surface area contributed by atoms with Crippen LogP contribution in [0.1, 0.15) is 0 Å². The molecule has 0 aromatic carbocycles. The van der Waals surface area contributed by atoms with Gasteiger partial charge < -0.3 is 20.9 Å². The molecule has 0 aromatic heterocycles. The largest absolute Gasteiger partial charge is 0.383 e. The van der Waals surface area contributed by atoms with E-state index in [0.29, 0.717) is 13.2 Å². The third-order valence-electron chi connectivity index (χ3n) is 1.41. The Hall–Kier alpha value is -0.650. The van der Waals surface area contributed by atoms with Crippen LogP contribution < -0.4 is 11.1 Å². The molecule has 5 nitrogen and oxygen atoms in total. The van der Waals surface area contributed by atoms with Crippen LogP contribution in [-0.4, -0.2) is 36.4 Å². The second kappa shape index (κ2) is 2.53. The van der Waals surface area contributed by atoms with E-state index in [1.54, 1.807) is 0 Å². The predicted molar refractivity (Wildman–Crippen MR) is 35.7 cm³/mol. The Kier molecular flexibility index (Phi) is 1.89. The molecule has 0 spiro atoms. The normalized spacial score (nSPS) is 33.7. The molecule has 58 valence electrons. The van der Waals surface area contributed by atoms with Crippen LogP contribution >= 0.6 is 0 Å². The van der Waals surface area contributed by atoms with E-state index < -0.39 is 5.79 Å². The second-order valence-corrected chi connectivity index (χ2v) is 2.22. The molecule has 0 aromatic rings. The van der Waals surface area contributed by atoms with Gasteiger partial charge in [-0.3, -0.25) is 5.41 Å². The van der Waals surface area contributed by atoms with Crippen molar-refractivity contribution >= 4 is 5.84 Å². The number of morpholine rings is 1. The van der Waals surface area contributed by atoms with E-state index in [-0.39, 0.29) is 12.4 Å². The number of amidine groups is 1. The van der Waals surface area contributed by atoms with Crippen LogP contribution in [-0.2, 0) is 4.74 Å². The summed E-state index contributed by atoms with van der Waals surface area (Å²) in [6.07, 6.45) is 0. The van der Waals surface area contributed by atoms with Gasteiger partial charge in [0.05, 0.1) is 13.2 Å². The minimum atomic E-state index is -1.57. The van der Waals surface area contributed by atoms with Gasteiger partial charge in [0.15, 0.2) is 5.84 Å². The zero-order valence-corrected chi connectivity index (χ0v) is 5.55. The Labute approximate surface area is 58.7 Å². The van der Waals surface area contributed by atoms with Gasteiger partial charge in [-0.2, -0.15) is 0 Å². The Bertz CT molecular complexity index is 142. The van der Waals surface area contributed by atoms with Crippen LogP contribution in [0, 0.1) is 5.41 Å². The molecule has 1 saturated heterocycles. The fraction of sp³-hybridized carbons (Fsp3) is 0.800. The Balaban J connectivity index is 2.56. The van der Waals surface area contributed by atoms with E-state index in [1.165, 1.54) is 0 Å². The average molecular weight is 145 g/mol. The number of β-amino-alcohol motifs (C(OH)–C–C–N with tert-alkyl or cyclic N) is 1. The Morgan fingerprint density at radius 1 is 1.80 bits per heavy atom. The van der Waals surface area contributed by atoms with Gasteiger partial charge in [0.25, 0.3) is 0 Å². The number of nitrogens with one attached hydrogen (secondary N) is 2. The van der Waals surface area contributed by atoms with Gasteiger partial charge in [0.2, 0.25) is 5.79 Å². The van der Waals surface area contributed by atoms with Crippen LogP contribution in [0.5, 0.6) is 0 Å². The van der Waals surface area contributed by atoms with Crippen molar-refractivity contribution in [1.82, 2.24) is 5.32 Å². The van der Waals surface area contributed by atoms with E-state index in [9.17, 15) is 5.11 Å². The maximum absolute atomic E-state index is 9.31. The van der Waals surface area contributed by atoms with Crippen molar-refractivity contribution < 1.29 is 9.84 Å². The van der Waals surface area contributed by atoms with Crippen LogP contribution in [0.3, 0.4) is 0 Å². The van der Waals surface area contributed by atoms with Crippen LogP contribution in [0.4, 0.5) is 0 Å².